The van der Waals surface area contributed by atoms with Crippen molar-refractivity contribution < 1.29 is 0 Å². The highest BCUT2D eigenvalue weighted by atomic mass is 14.9. The first-order valence-electron chi connectivity index (χ1n) is 5.31. The minimum Gasteiger partial charge on any atom is -0.401 e. The normalized spacial score (nSPS) is 13.5. The first-order chi connectivity index (χ1) is 7.65. The van der Waals surface area contributed by atoms with Crippen molar-refractivity contribution in [2.45, 2.75) is 20.3 Å². The van der Waals surface area contributed by atoms with Crippen molar-refractivity contribution in [3.63, 3.8) is 0 Å². The number of nitrogens with one attached hydrogen (secondary N) is 1. The van der Waals surface area contributed by atoms with Crippen molar-refractivity contribution >= 4 is 0 Å². The summed E-state index contributed by atoms with van der Waals surface area (Å²) in [5, 5.41) is 12.0. The first-order valence-corrected chi connectivity index (χ1v) is 5.31. The lowest BCUT2D eigenvalue weighted by Gasteiger charge is -2.04. The Kier molecular flexibility index (Phi) is 7.64. The Morgan fingerprint density at radius 3 is 2.62 bits per heavy atom. The van der Waals surface area contributed by atoms with Crippen molar-refractivity contribution in [2.75, 3.05) is 13.1 Å². The first kappa shape index (κ1) is 14.3. The zero-order valence-electron chi connectivity index (χ0n) is 9.96. The van der Waals surface area contributed by atoms with Crippen LogP contribution < -0.4 is 16.8 Å². The molecule has 0 heterocycles. The maximum absolute atomic E-state index is 8.90. The number of nitriles is 1. The summed E-state index contributed by atoms with van der Waals surface area (Å²) in [5.41, 5.74) is 13.1. The summed E-state index contributed by atoms with van der Waals surface area (Å²) >= 11 is 0. The number of nitrogens with zero attached hydrogens (tertiary/aromatic N) is 1. The molecule has 0 amide bonds. The van der Waals surface area contributed by atoms with Gasteiger partial charge in [0.1, 0.15) is 6.07 Å². The van der Waals surface area contributed by atoms with Crippen LogP contribution in [0.4, 0.5) is 0 Å². The van der Waals surface area contributed by atoms with Gasteiger partial charge < -0.3 is 16.8 Å². The quantitative estimate of drug-likeness (QED) is 0.356. The van der Waals surface area contributed by atoms with Crippen LogP contribution in [0.2, 0.25) is 0 Å². The Morgan fingerprint density at radius 1 is 1.44 bits per heavy atom. The van der Waals surface area contributed by atoms with E-state index in [9.17, 15) is 0 Å². The average molecular weight is 220 g/mol. The molecule has 0 radical (unpaired) electrons. The van der Waals surface area contributed by atoms with Crippen LogP contribution in [0.5, 0.6) is 0 Å². The molecule has 0 unspecified atom stereocenters. The maximum Gasteiger partial charge on any atom is 0.101 e. The van der Waals surface area contributed by atoms with Crippen molar-refractivity contribution in [3.8, 4) is 6.07 Å². The molecule has 0 saturated carbocycles. The van der Waals surface area contributed by atoms with Gasteiger partial charge in [-0.05, 0) is 19.4 Å². The summed E-state index contributed by atoms with van der Waals surface area (Å²) in [4.78, 5) is 0. The summed E-state index contributed by atoms with van der Waals surface area (Å²) in [7, 11) is 0. The fraction of sp³-hybridized carbons (Fsp3) is 0.417. The van der Waals surface area contributed by atoms with E-state index in [1.807, 2.05) is 26.0 Å². The predicted molar refractivity (Wildman–Crippen MR) is 67.1 cm³/mol. The largest absolute Gasteiger partial charge is 0.401 e. The Balaban J connectivity index is 4.42. The number of nitrogens with two attached hydrogens (primary N) is 2. The zero-order chi connectivity index (χ0) is 12.4. The van der Waals surface area contributed by atoms with E-state index in [0.717, 1.165) is 5.70 Å². The highest BCUT2D eigenvalue weighted by Gasteiger charge is 1.97. The van der Waals surface area contributed by atoms with E-state index >= 15 is 0 Å². The van der Waals surface area contributed by atoms with E-state index in [4.69, 9.17) is 16.7 Å². The van der Waals surface area contributed by atoms with Gasteiger partial charge in [0.05, 0.1) is 5.57 Å². The van der Waals surface area contributed by atoms with Crippen LogP contribution in [0, 0.1) is 11.3 Å². The molecule has 88 valence electrons. The van der Waals surface area contributed by atoms with Gasteiger partial charge in [0, 0.05) is 24.5 Å². The van der Waals surface area contributed by atoms with Gasteiger partial charge in [-0.3, -0.25) is 0 Å². The lowest BCUT2D eigenvalue weighted by atomic mass is 10.1. The SMILES string of the molecule is CC/C(N)=C(C#N)\C=C(/C)NC/C=C\CN. The van der Waals surface area contributed by atoms with Gasteiger partial charge in [-0.2, -0.15) is 5.26 Å². The van der Waals surface area contributed by atoms with Gasteiger partial charge in [-0.15, -0.1) is 0 Å². The molecule has 0 aromatic heterocycles. The average Bonchev–Trinajstić information content (AvgIpc) is 2.30. The van der Waals surface area contributed by atoms with Gasteiger partial charge in [0.15, 0.2) is 0 Å². The van der Waals surface area contributed by atoms with E-state index in [1.54, 1.807) is 6.08 Å². The summed E-state index contributed by atoms with van der Waals surface area (Å²) in [6.07, 6.45) is 6.26. The molecule has 0 rings (SSSR count). The molecule has 0 aliphatic heterocycles. The highest BCUT2D eigenvalue weighted by Crippen LogP contribution is 2.05. The predicted octanol–water partition coefficient (Wildman–Crippen LogP) is 1.14. The maximum atomic E-state index is 8.90. The van der Waals surface area contributed by atoms with E-state index in [0.29, 0.717) is 30.8 Å². The zero-order valence-corrected chi connectivity index (χ0v) is 9.96. The third kappa shape index (κ3) is 5.89. The van der Waals surface area contributed by atoms with Crippen LogP contribution in [-0.2, 0) is 0 Å². The molecule has 0 spiro atoms. The van der Waals surface area contributed by atoms with E-state index in [-0.39, 0.29) is 0 Å². The van der Waals surface area contributed by atoms with Gasteiger partial charge >= 0.3 is 0 Å². The lowest BCUT2D eigenvalue weighted by molar-refractivity contribution is 0.899. The molecule has 0 bridgehead atoms. The fourth-order valence-electron chi connectivity index (χ4n) is 1.05. The van der Waals surface area contributed by atoms with Crippen LogP contribution >= 0.6 is 0 Å². The van der Waals surface area contributed by atoms with Crippen molar-refractivity contribution in [2.24, 2.45) is 11.5 Å². The summed E-state index contributed by atoms with van der Waals surface area (Å²) in [6, 6.07) is 2.09. The third-order valence-corrected chi connectivity index (χ3v) is 2.01. The minimum absolute atomic E-state index is 0.523. The molecule has 0 fully saturated rings. The van der Waals surface area contributed by atoms with Gasteiger partial charge in [0.25, 0.3) is 0 Å². The van der Waals surface area contributed by atoms with Crippen molar-refractivity contribution in [3.05, 3.63) is 35.2 Å². The molecular formula is C12H20N4. The molecule has 0 aromatic rings. The number of hydrogen-bond acceptors (Lipinski definition) is 4. The molecule has 4 heteroatoms. The Labute approximate surface area is 97.3 Å². The number of rotatable bonds is 6. The molecule has 16 heavy (non-hydrogen) atoms. The van der Waals surface area contributed by atoms with E-state index < -0.39 is 0 Å². The summed E-state index contributed by atoms with van der Waals surface area (Å²) < 4.78 is 0. The van der Waals surface area contributed by atoms with Gasteiger partial charge in [0.2, 0.25) is 0 Å². The molecule has 0 aromatic carbocycles. The Bertz CT molecular complexity index is 331. The molecule has 0 atom stereocenters. The van der Waals surface area contributed by atoms with E-state index in [1.165, 1.54) is 0 Å². The second-order valence-electron chi connectivity index (χ2n) is 3.32. The second kappa shape index (κ2) is 8.57. The molecular weight excluding hydrogens is 200 g/mol. The molecule has 0 saturated heterocycles. The fourth-order valence-corrected chi connectivity index (χ4v) is 1.05. The monoisotopic (exact) mass is 220 g/mol. The number of hydrogen-bond donors (Lipinski definition) is 3. The summed E-state index contributed by atoms with van der Waals surface area (Å²) in [6.45, 7) is 5.06. The Hall–Kier alpha value is -1.73. The second-order valence-corrected chi connectivity index (χ2v) is 3.32. The molecule has 0 aliphatic carbocycles. The smallest absolute Gasteiger partial charge is 0.101 e. The highest BCUT2D eigenvalue weighted by molar-refractivity contribution is 5.38. The van der Waals surface area contributed by atoms with Crippen molar-refractivity contribution in [1.82, 2.24) is 5.32 Å². The van der Waals surface area contributed by atoms with Crippen molar-refractivity contribution in [1.29, 1.82) is 5.26 Å². The molecule has 4 nitrogen and oxygen atoms in total. The van der Waals surface area contributed by atoms with Crippen LogP contribution in [0.25, 0.3) is 0 Å². The topological polar surface area (TPSA) is 87.9 Å². The lowest BCUT2D eigenvalue weighted by Crippen LogP contribution is -2.11. The minimum atomic E-state index is 0.523. The standard InChI is InChI=1S/C12H20N4/c1-3-12(15)11(9-14)8-10(2)16-7-5-4-6-13/h4-5,8,16H,3,6-7,13,15H2,1-2H3/b5-4-,10-8+,12-11-. The van der Waals surface area contributed by atoms with Crippen LogP contribution in [0.1, 0.15) is 20.3 Å². The molecule has 5 N–H and O–H groups in total. The van der Waals surface area contributed by atoms with Crippen LogP contribution in [0.3, 0.4) is 0 Å². The van der Waals surface area contributed by atoms with Crippen LogP contribution in [0.15, 0.2) is 35.2 Å². The van der Waals surface area contributed by atoms with E-state index in [2.05, 4.69) is 11.4 Å². The van der Waals surface area contributed by atoms with Gasteiger partial charge in [-0.25, -0.2) is 0 Å². The number of allylic oxidation sites excluding steroid dienone is 4. The third-order valence-electron chi connectivity index (χ3n) is 2.01. The van der Waals surface area contributed by atoms with Crippen LogP contribution in [-0.4, -0.2) is 13.1 Å². The Morgan fingerprint density at radius 2 is 2.12 bits per heavy atom. The molecule has 0 aliphatic rings. The summed E-state index contributed by atoms with van der Waals surface area (Å²) in [5.74, 6) is 0. The van der Waals surface area contributed by atoms with Gasteiger partial charge in [-0.1, -0.05) is 19.1 Å².